The van der Waals surface area contributed by atoms with Crippen LogP contribution in [0.25, 0.3) is 0 Å². The van der Waals surface area contributed by atoms with Gasteiger partial charge in [0.25, 0.3) is 0 Å². The molecule has 0 radical (unpaired) electrons. The van der Waals surface area contributed by atoms with Gasteiger partial charge in [0.2, 0.25) is 0 Å². The van der Waals surface area contributed by atoms with Gasteiger partial charge in [0.1, 0.15) is 11.6 Å². The lowest BCUT2D eigenvalue weighted by molar-refractivity contribution is 0.927. The van der Waals surface area contributed by atoms with E-state index in [1.54, 1.807) is 6.20 Å². The predicted octanol–water partition coefficient (Wildman–Crippen LogP) is 1.12. The van der Waals surface area contributed by atoms with Gasteiger partial charge in [-0.1, -0.05) is 0 Å². The lowest BCUT2D eigenvalue weighted by Gasteiger charge is -2.15. The Kier molecular flexibility index (Phi) is 2.29. The van der Waals surface area contributed by atoms with E-state index in [2.05, 4.69) is 20.2 Å². The Hall–Kier alpha value is -1.32. The van der Waals surface area contributed by atoms with Gasteiger partial charge in [0.05, 0.1) is 12.4 Å². The number of hydrogen-bond donors (Lipinski definition) is 1. The Morgan fingerprint density at radius 2 is 2.08 bits per heavy atom. The average molecular weight is 178 g/mol. The number of nitrogens with one attached hydrogen (secondary N) is 1. The van der Waals surface area contributed by atoms with Crippen molar-refractivity contribution in [2.45, 2.75) is 12.8 Å². The Morgan fingerprint density at radius 3 is 2.77 bits per heavy atom. The van der Waals surface area contributed by atoms with Crippen molar-refractivity contribution < 1.29 is 0 Å². The first-order valence-electron chi connectivity index (χ1n) is 4.65. The van der Waals surface area contributed by atoms with Crippen LogP contribution in [0, 0.1) is 0 Å². The van der Waals surface area contributed by atoms with Crippen LogP contribution >= 0.6 is 0 Å². The summed E-state index contributed by atoms with van der Waals surface area (Å²) in [7, 11) is 1.86. The fourth-order valence-corrected chi connectivity index (χ4v) is 1.57. The van der Waals surface area contributed by atoms with Crippen LogP contribution in [-0.2, 0) is 0 Å². The Morgan fingerprint density at radius 1 is 1.31 bits per heavy atom. The van der Waals surface area contributed by atoms with Crippen LogP contribution in [-0.4, -0.2) is 30.1 Å². The van der Waals surface area contributed by atoms with Crippen LogP contribution in [0.2, 0.25) is 0 Å². The van der Waals surface area contributed by atoms with E-state index < -0.39 is 0 Å². The second-order valence-electron chi connectivity index (χ2n) is 3.21. The molecule has 1 fully saturated rings. The van der Waals surface area contributed by atoms with E-state index in [4.69, 9.17) is 0 Å². The Bertz CT molecular complexity index is 281. The highest BCUT2D eigenvalue weighted by Gasteiger charge is 2.13. The van der Waals surface area contributed by atoms with Crippen molar-refractivity contribution in [3.63, 3.8) is 0 Å². The van der Waals surface area contributed by atoms with Crippen LogP contribution in [0.15, 0.2) is 12.4 Å². The van der Waals surface area contributed by atoms with E-state index in [1.807, 2.05) is 13.2 Å². The zero-order valence-electron chi connectivity index (χ0n) is 7.82. The minimum atomic E-state index is 0.837. The van der Waals surface area contributed by atoms with Crippen LogP contribution in [0.1, 0.15) is 12.8 Å². The maximum absolute atomic E-state index is 4.43. The summed E-state index contributed by atoms with van der Waals surface area (Å²) in [6.07, 6.45) is 6.10. The molecule has 4 heteroatoms. The highest BCUT2D eigenvalue weighted by atomic mass is 15.2. The summed E-state index contributed by atoms with van der Waals surface area (Å²) in [6.45, 7) is 2.23. The smallest absolute Gasteiger partial charge is 0.149 e. The average Bonchev–Trinajstić information content (AvgIpc) is 2.71. The van der Waals surface area contributed by atoms with Gasteiger partial charge in [0.15, 0.2) is 0 Å². The van der Waals surface area contributed by atoms with Gasteiger partial charge >= 0.3 is 0 Å². The topological polar surface area (TPSA) is 41.1 Å². The lowest BCUT2D eigenvalue weighted by Crippen LogP contribution is -2.19. The van der Waals surface area contributed by atoms with Crippen molar-refractivity contribution in [2.24, 2.45) is 0 Å². The van der Waals surface area contributed by atoms with Gasteiger partial charge in [-0.05, 0) is 12.8 Å². The molecule has 0 spiro atoms. The van der Waals surface area contributed by atoms with E-state index in [0.717, 1.165) is 24.7 Å². The molecular weight excluding hydrogens is 164 g/mol. The first-order chi connectivity index (χ1) is 6.40. The fourth-order valence-electron chi connectivity index (χ4n) is 1.57. The molecule has 1 N–H and O–H groups in total. The summed E-state index contributed by atoms with van der Waals surface area (Å²) in [5.41, 5.74) is 0. The first-order valence-corrected chi connectivity index (χ1v) is 4.65. The third-order valence-electron chi connectivity index (χ3n) is 2.31. The second-order valence-corrected chi connectivity index (χ2v) is 3.21. The molecule has 2 heterocycles. The van der Waals surface area contributed by atoms with Crippen molar-refractivity contribution in [1.82, 2.24) is 9.97 Å². The summed E-state index contributed by atoms with van der Waals surface area (Å²) < 4.78 is 0. The molecule has 1 aromatic rings. The minimum Gasteiger partial charge on any atom is -0.372 e. The van der Waals surface area contributed by atoms with Gasteiger partial charge < -0.3 is 10.2 Å². The summed E-state index contributed by atoms with van der Waals surface area (Å²) in [5.74, 6) is 1.83. The van der Waals surface area contributed by atoms with E-state index in [9.17, 15) is 0 Å². The van der Waals surface area contributed by atoms with Gasteiger partial charge in [-0.2, -0.15) is 0 Å². The fraction of sp³-hybridized carbons (Fsp3) is 0.556. The molecular formula is C9H14N4. The first kappa shape index (κ1) is 8.29. The van der Waals surface area contributed by atoms with Crippen molar-refractivity contribution in [3.8, 4) is 0 Å². The highest BCUT2D eigenvalue weighted by Crippen LogP contribution is 2.17. The SMILES string of the molecule is CNc1cncc(N2CCCC2)n1. The highest BCUT2D eigenvalue weighted by molar-refractivity contribution is 5.43. The molecule has 1 aliphatic heterocycles. The third kappa shape index (κ3) is 1.71. The summed E-state index contributed by atoms with van der Waals surface area (Å²) in [4.78, 5) is 10.8. The molecule has 0 aromatic carbocycles. The summed E-state index contributed by atoms with van der Waals surface area (Å²) in [6, 6.07) is 0. The largest absolute Gasteiger partial charge is 0.372 e. The molecule has 2 rings (SSSR count). The molecule has 13 heavy (non-hydrogen) atoms. The van der Waals surface area contributed by atoms with Crippen molar-refractivity contribution >= 4 is 11.6 Å². The van der Waals surface area contributed by atoms with Gasteiger partial charge in [-0.25, -0.2) is 4.98 Å². The number of aromatic nitrogens is 2. The molecule has 0 aliphatic carbocycles. The Labute approximate surface area is 78.0 Å². The summed E-state index contributed by atoms with van der Waals surface area (Å²) >= 11 is 0. The Balaban J connectivity index is 2.18. The molecule has 0 unspecified atom stereocenters. The van der Waals surface area contributed by atoms with Crippen molar-refractivity contribution in [2.75, 3.05) is 30.4 Å². The molecule has 70 valence electrons. The zero-order valence-corrected chi connectivity index (χ0v) is 7.82. The quantitative estimate of drug-likeness (QED) is 0.736. The van der Waals surface area contributed by atoms with Gasteiger partial charge in [0, 0.05) is 20.1 Å². The third-order valence-corrected chi connectivity index (χ3v) is 2.31. The zero-order chi connectivity index (χ0) is 9.10. The number of nitrogens with zero attached hydrogens (tertiary/aromatic N) is 3. The number of anilines is 2. The second kappa shape index (κ2) is 3.60. The summed E-state index contributed by atoms with van der Waals surface area (Å²) in [5, 5.41) is 2.99. The van der Waals surface area contributed by atoms with Crippen LogP contribution < -0.4 is 10.2 Å². The van der Waals surface area contributed by atoms with Crippen LogP contribution in [0.3, 0.4) is 0 Å². The number of rotatable bonds is 2. The van der Waals surface area contributed by atoms with E-state index in [-0.39, 0.29) is 0 Å². The molecule has 0 amide bonds. The van der Waals surface area contributed by atoms with Crippen molar-refractivity contribution in [3.05, 3.63) is 12.4 Å². The molecule has 1 saturated heterocycles. The monoisotopic (exact) mass is 178 g/mol. The molecule has 1 aromatic heterocycles. The van der Waals surface area contributed by atoms with E-state index in [1.165, 1.54) is 12.8 Å². The molecule has 0 atom stereocenters. The minimum absolute atomic E-state index is 0.837. The predicted molar refractivity (Wildman–Crippen MR) is 53.0 cm³/mol. The van der Waals surface area contributed by atoms with Crippen molar-refractivity contribution in [1.29, 1.82) is 0 Å². The molecule has 4 nitrogen and oxygen atoms in total. The normalized spacial score (nSPS) is 16.2. The van der Waals surface area contributed by atoms with Gasteiger partial charge in [-0.15, -0.1) is 0 Å². The maximum Gasteiger partial charge on any atom is 0.149 e. The van der Waals surface area contributed by atoms with Crippen LogP contribution in [0.4, 0.5) is 11.6 Å². The lowest BCUT2D eigenvalue weighted by atomic mass is 10.4. The molecule has 1 aliphatic rings. The van der Waals surface area contributed by atoms with E-state index in [0.29, 0.717) is 0 Å². The van der Waals surface area contributed by atoms with Crippen LogP contribution in [0.5, 0.6) is 0 Å². The molecule has 0 bridgehead atoms. The molecule has 0 saturated carbocycles. The van der Waals surface area contributed by atoms with Gasteiger partial charge in [-0.3, -0.25) is 4.98 Å². The standard InChI is InChI=1S/C9H14N4/c1-10-8-6-11-7-9(12-8)13-4-2-3-5-13/h6-7H,2-5H2,1H3,(H,10,12). The maximum atomic E-state index is 4.43. The number of hydrogen-bond acceptors (Lipinski definition) is 4. The van der Waals surface area contributed by atoms with E-state index >= 15 is 0 Å².